The van der Waals surface area contributed by atoms with Gasteiger partial charge in [-0.1, -0.05) is 72.8 Å². The Morgan fingerprint density at radius 2 is 0.891 bits per heavy atom. The first-order valence-electron chi connectivity index (χ1n) is 15.7. The average Bonchev–Trinajstić information content (AvgIpc) is 3.80. The van der Waals surface area contributed by atoms with Crippen LogP contribution in [0, 0.1) is 0 Å². The van der Waals surface area contributed by atoms with Crippen molar-refractivity contribution in [2.75, 3.05) is 23.7 Å². The fourth-order valence-electron chi connectivity index (χ4n) is 6.06. The minimum Gasteiger partial charge on any atom is -0.327 e. The molecule has 46 heavy (non-hydrogen) atoms. The third kappa shape index (κ3) is 7.07. The number of amides is 4. The molecule has 0 spiro atoms. The maximum Gasteiger partial charge on any atom is 0.254 e. The Labute approximate surface area is 268 Å². The molecule has 0 aliphatic carbocycles. The third-order valence-corrected chi connectivity index (χ3v) is 8.50. The van der Waals surface area contributed by atoms with Crippen LogP contribution in [0.1, 0.15) is 57.5 Å². The maximum absolute atomic E-state index is 13.1. The molecule has 0 saturated carbocycles. The lowest BCUT2D eigenvalue weighted by atomic mass is 10.1. The molecule has 2 aliphatic rings. The van der Waals surface area contributed by atoms with Crippen LogP contribution in [0.4, 0.5) is 11.4 Å². The van der Waals surface area contributed by atoms with Gasteiger partial charge in [-0.25, -0.2) is 0 Å². The number of benzene rings is 4. The van der Waals surface area contributed by atoms with E-state index < -0.39 is 12.1 Å². The molecular weight excluding hydrogens is 576 g/mol. The second kappa shape index (κ2) is 14.1. The number of hydrogen-bond donors (Lipinski definition) is 2. The van der Waals surface area contributed by atoms with E-state index in [1.807, 2.05) is 97.1 Å². The number of carbonyl (C=O) groups is 4. The van der Waals surface area contributed by atoms with Crippen molar-refractivity contribution in [3.8, 4) is 0 Å². The van der Waals surface area contributed by atoms with Crippen LogP contribution in [0.25, 0.3) is 12.2 Å². The summed E-state index contributed by atoms with van der Waals surface area (Å²) in [6, 6.07) is 32.2. The molecular formula is C38H36N4O4. The number of rotatable bonds is 8. The molecule has 0 bridgehead atoms. The van der Waals surface area contributed by atoms with Gasteiger partial charge in [-0.15, -0.1) is 0 Å². The molecule has 2 atom stereocenters. The van der Waals surface area contributed by atoms with Crippen LogP contribution in [0.15, 0.2) is 109 Å². The van der Waals surface area contributed by atoms with Gasteiger partial charge >= 0.3 is 0 Å². The first kappa shape index (κ1) is 30.5. The Morgan fingerprint density at radius 1 is 0.522 bits per heavy atom. The molecule has 4 aromatic carbocycles. The summed E-state index contributed by atoms with van der Waals surface area (Å²) in [5.74, 6) is -0.601. The summed E-state index contributed by atoms with van der Waals surface area (Å²) in [6.07, 6.45) is 6.82. The zero-order valence-corrected chi connectivity index (χ0v) is 25.5. The second-order valence-corrected chi connectivity index (χ2v) is 11.6. The zero-order valence-electron chi connectivity index (χ0n) is 25.5. The Hall–Kier alpha value is -5.50. The van der Waals surface area contributed by atoms with Crippen LogP contribution < -0.4 is 10.6 Å². The summed E-state index contributed by atoms with van der Waals surface area (Å²) >= 11 is 0. The fourth-order valence-corrected chi connectivity index (χ4v) is 6.06. The average molecular weight is 613 g/mol. The van der Waals surface area contributed by atoms with Gasteiger partial charge in [-0.2, -0.15) is 0 Å². The van der Waals surface area contributed by atoms with E-state index in [2.05, 4.69) is 10.6 Å². The molecule has 8 heteroatoms. The van der Waals surface area contributed by atoms with Crippen LogP contribution in [0.5, 0.6) is 0 Å². The monoisotopic (exact) mass is 612 g/mol. The lowest BCUT2D eigenvalue weighted by molar-refractivity contribution is -0.120. The number of hydrogen-bond acceptors (Lipinski definition) is 4. The lowest BCUT2D eigenvalue weighted by Gasteiger charge is -2.24. The molecule has 232 valence electrons. The molecule has 2 N–H and O–H groups in total. The number of nitrogens with zero attached hydrogens (tertiary/aromatic N) is 2. The van der Waals surface area contributed by atoms with Gasteiger partial charge in [-0.3, -0.25) is 19.2 Å². The Balaban J connectivity index is 1.01. The molecule has 8 nitrogen and oxygen atoms in total. The highest BCUT2D eigenvalue weighted by molar-refractivity contribution is 6.02. The first-order chi connectivity index (χ1) is 22.5. The molecule has 2 aliphatic heterocycles. The molecule has 0 aromatic heterocycles. The lowest BCUT2D eigenvalue weighted by Crippen LogP contribution is -2.43. The third-order valence-electron chi connectivity index (χ3n) is 8.50. The van der Waals surface area contributed by atoms with E-state index in [9.17, 15) is 19.2 Å². The van der Waals surface area contributed by atoms with E-state index in [-0.39, 0.29) is 23.6 Å². The van der Waals surface area contributed by atoms with Gasteiger partial charge < -0.3 is 20.4 Å². The highest BCUT2D eigenvalue weighted by atomic mass is 16.2. The van der Waals surface area contributed by atoms with E-state index in [0.717, 1.165) is 24.0 Å². The fraction of sp³-hybridized carbons (Fsp3) is 0.211. The summed E-state index contributed by atoms with van der Waals surface area (Å²) in [4.78, 5) is 55.4. The Bertz CT molecular complexity index is 1590. The standard InChI is InChI=1S/C38H36N4O4/c43-35(33-13-7-25-41(33)37(45)29-9-3-1-4-10-29)39-31-21-17-27(18-22-31)15-16-28-19-23-32(24-20-28)40-36(44)34-14-8-26-42(34)38(46)30-11-5-2-6-12-30/h1-6,9-12,15-24,33-34H,7-8,13-14,25-26H2,(H,39,43)(H,40,44)/b16-15+. The highest BCUT2D eigenvalue weighted by Gasteiger charge is 2.35. The number of likely N-dealkylation sites (tertiary alicyclic amines) is 2. The minimum atomic E-state index is -0.492. The summed E-state index contributed by atoms with van der Waals surface area (Å²) in [5, 5.41) is 5.93. The smallest absolute Gasteiger partial charge is 0.254 e. The van der Waals surface area contributed by atoms with Gasteiger partial charge in [0, 0.05) is 35.6 Å². The normalized spacial score (nSPS) is 17.7. The molecule has 6 rings (SSSR count). The van der Waals surface area contributed by atoms with Gasteiger partial charge in [0.05, 0.1) is 0 Å². The van der Waals surface area contributed by atoms with Crippen molar-refractivity contribution in [2.24, 2.45) is 0 Å². The SMILES string of the molecule is O=C(Nc1ccc(/C=C/c2ccc(NC(=O)C3CCCN3C(=O)c3ccccc3)cc2)cc1)C1CCCN1C(=O)c1ccccc1. The van der Waals surface area contributed by atoms with Gasteiger partial charge in [0.1, 0.15) is 12.1 Å². The predicted octanol–water partition coefficient (Wildman–Crippen LogP) is 6.34. The summed E-state index contributed by atoms with van der Waals surface area (Å²) in [7, 11) is 0. The van der Waals surface area contributed by atoms with Crippen molar-refractivity contribution in [1.29, 1.82) is 0 Å². The van der Waals surface area contributed by atoms with Gasteiger partial charge in [-0.05, 0) is 85.3 Å². The molecule has 0 radical (unpaired) electrons. The van der Waals surface area contributed by atoms with E-state index in [0.29, 0.717) is 48.4 Å². The van der Waals surface area contributed by atoms with Crippen LogP contribution in [-0.4, -0.2) is 58.6 Å². The first-order valence-corrected chi connectivity index (χ1v) is 15.7. The van der Waals surface area contributed by atoms with Gasteiger partial charge in [0.2, 0.25) is 11.8 Å². The van der Waals surface area contributed by atoms with Crippen molar-refractivity contribution in [2.45, 2.75) is 37.8 Å². The molecule has 4 amide bonds. The van der Waals surface area contributed by atoms with Crippen molar-refractivity contribution < 1.29 is 19.2 Å². The van der Waals surface area contributed by atoms with Crippen molar-refractivity contribution >= 4 is 47.2 Å². The van der Waals surface area contributed by atoms with Crippen LogP contribution >= 0.6 is 0 Å². The van der Waals surface area contributed by atoms with Crippen LogP contribution in [0.3, 0.4) is 0 Å². The molecule has 2 fully saturated rings. The number of anilines is 2. The quantitative estimate of drug-likeness (QED) is 0.227. The topological polar surface area (TPSA) is 98.8 Å². The number of carbonyl (C=O) groups excluding carboxylic acids is 4. The van der Waals surface area contributed by atoms with E-state index >= 15 is 0 Å². The molecule has 4 aromatic rings. The van der Waals surface area contributed by atoms with Crippen LogP contribution in [-0.2, 0) is 9.59 Å². The van der Waals surface area contributed by atoms with Gasteiger partial charge in [0.15, 0.2) is 0 Å². The second-order valence-electron chi connectivity index (χ2n) is 11.6. The number of nitrogens with one attached hydrogen (secondary N) is 2. The van der Waals surface area contributed by atoms with E-state index in [4.69, 9.17) is 0 Å². The maximum atomic E-state index is 13.1. The summed E-state index contributed by atoms with van der Waals surface area (Å²) in [6.45, 7) is 1.13. The van der Waals surface area contributed by atoms with Gasteiger partial charge in [0.25, 0.3) is 11.8 Å². The Kier molecular flexibility index (Phi) is 9.34. The van der Waals surface area contributed by atoms with E-state index in [1.54, 1.807) is 34.1 Å². The van der Waals surface area contributed by atoms with Crippen LogP contribution in [0.2, 0.25) is 0 Å². The summed E-state index contributed by atoms with van der Waals surface area (Å²) < 4.78 is 0. The highest BCUT2D eigenvalue weighted by Crippen LogP contribution is 2.24. The summed E-state index contributed by atoms with van der Waals surface area (Å²) in [5.41, 5.74) is 4.44. The molecule has 2 heterocycles. The minimum absolute atomic E-state index is 0.120. The van der Waals surface area contributed by atoms with Crippen molar-refractivity contribution in [1.82, 2.24) is 9.80 Å². The molecule has 2 saturated heterocycles. The van der Waals surface area contributed by atoms with E-state index in [1.165, 1.54) is 0 Å². The predicted molar refractivity (Wildman–Crippen MR) is 180 cm³/mol. The van der Waals surface area contributed by atoms with Crippen molar-refractivity contribution in [3.63, 3.8) is 0 Å². The molecule has 2 unspecified atom stereocenters. The Morgan fingerprint density at radius 3 is 1.26 bits per heavy atom. The zero-order chi connectivity index (χ0) is 31.9. The largest absolute Gasteiger partial charge is 0.327 e. The van der Waals surface area contributed by atoms with Crippen molar-refractivity contribution in [3.05, 3.63) is 131 Å².